The van der Waals surface area contributed by atoms with Crippen molar-refractivity contribution in [3.8, 4) is 11.4 Å². The van der Waals surface area contributed by atoms with Gasteiger partial charge in [0.1, 0.15) is 5.82 Å². The fourth-order valence-electron chi connectivity index (χ4n) is 1.48. The number of nitrogen functional groups attached to an aromatic ring is 1. The molecule has 0 radical (unpaired) electrons. The van der Waals surface area contributed by atoms with Crippen LogP contribution in [0.5, 0.6) is 0 Å². The molecular weight excluding hydrogens is 291 g/mol. The molecule has 114 valence electrons. The Balaban J connectivity index is 2.18. The summed E-state index contributed by atoms with van der Waals surface area (Å²) in [5.41, 5.74) is 6.24. The SMILES string of the molecule is COCCNc1ncc(-c2noc(C(F)(F)F)n2)cc1N. The first-order valence-corrected chi connectivity index (χ1v) is 5.81. The number of hydrogen-bond acceptors (Lipinski definition) is 7. The van der Waals surface area contributed by atoms with E-state index in [0.29, 0.717) is 19.0 Å². The van der Waals surface area contributed by atoms with Crippen LogP contribution in [-0.2, 0) is 10.9 Å². The second kappa shape index (κ2) is 5.95. The summed E-state index contributed by atoms with van der Waals surface area (Å²) in [6.07, 6.45) is -3.39. The lowest BCUT2D eigenvalue weighted by Gasteiger charge is -2.08. The molecule has 2 rings (SSSR count). The van der Waals surface area contributed by atoms with E-state index >= 15 is 0 Å². The van der Waals surface area contributed by atoms with Crippen LogP contribution in [0.2, 0.25) is 0 Å². The van der Waals surface area contributed by atoms with Crippen LogP contribution in [0.3, 0.4) is 0 Å². The van der Waals surface area contributed by atoms with Gasteiger partial charge >= 0.3 is 12.1 Å². The number of hydrogen-bond donors (Lipinski definition) is 2. The number of alkyl halides is 3. The monoisotopic (exact) mass is 303 g/mol. The number of anilines is 2. The van der Waals surface area contributed by atoms with Gasteiger partial charge in [-0.15, -0.1) is 0 Å². The molecule has 0 spiro atoms. The highest BCUT2D eigenvalue weighted by Crippen LogP contribution is 2.30. The van der Waals surface area contributed by atoms with Crippen molar-refractivity contribution in [3.63, 3.8) is 0 Å². The Morgan fingerprint density at radius 2 is 2.19 bits per heavy atom. The van der Waals surface area contributed by atoms with Gasteiger partial charge in [-0.25, -0.2) is 4.98 Å². The molecule has 3 N–H and O–H groups in total. The third-order valence-electron chi connectivity index (χ3n) is 2.44. The molecular formula is C11H12F3N5O2. The quantitative estimate of drug-likeness (QED) is 0.812. The molecule has 7 nitrogen and oxygen atoms in total. The molecule has 0 bridgehead atoms. The van der Waals surface area contributed by atoms with Crippen LogP contribution in [0, 0.1) is 0 Å². The largest absolute Gasteiger partial charge is 0.471 e. The van der Waals surface area contributed by atoms with Crippen molar-refractivity contribution in [3.05, 3.63) is 18.2 Å². The molecule has 21 heavy (non-hydrogen) atoms. The maximum Gasteiger partial charge on any atom is 0.471 e. The molecule has 2 heterocycles. The zero-order valence-electron chi connectivity index (χ0n) is 10.9. The molecule has 2 aromatic heterocycles. The lowest BCUT2D eigenvalue weighted by atomic mass is 10.2. The van der Waals surface area contributed by atoms with Crippen molar-refractivity contribution in [2.75, 3.05) is 31.3 Å². The van der Waals surface area contributed by atoms with Gasteiger partial charge in [0.2, 0.25) is 5.82 Å². The van der Waals surface area contributed by atoms with E-state index in [-0.39, 0.29) is 17.1 Å². The van der Waals surface area contributed by atoms with E-state index in [9.17, 15) is 13.2 Å². The van der Waals surface area contributed by atoms with Crippen molar-refractivity contribution < 1.29 is 22.4 Å². The Hall–Kier alpha value is -2.36. The normalized spacial score (nSPS) is 11.6. The molecule has 0 aliphatic heterocycles. The van der Waals surface area contributed by atoms with Crippen LogP contribution in [0.4, 0.5) is 24.7 Å². The minimum absolute atomic E-state index is 0.226. The Kier molecular flexibility index (Phi) is 4.26. The lowest BCUT2D eigenvalue weighted by Crippen LogP contribution is -2.10. The summed E-state index contributed by atoms with van der Waals surface area (Å²) in [4.78, 5) is 7.26. The standard InChI is InChI=1S/C11H12F3N5O2/c1-20-3-2-16-9-7(15)4-6(5-17-9)8-18-10(21-19-8)11(12,13)14/h4-5H,2-3,15H2,1H3,(H,16,17). The fourth-order valence-corrected chi connectivity index (χ4v) is 1.48. The predicted molar refractivity (Wildman–Crippen MR) is 67.3 cm³/mol. The molecule has 10 heteroatoms. The molecule has 2 aromatic rings. The third-order valence-corrected chi connectivity index (χ3v) is 2.44. The van der Waals surface area contributed by atoms with Crippen molar-refractivity contribution in [1.29, 1.82) is 0 Å². The summed E-state index contributed by atoms with van der Waals surface area (Å²) in [6, 6.07) is 1.41. The summed E-state index contributed by atoms with van der Waals surface area (Å²) in [5.74, 6) is -1.25. The number of ether oxygens (including phenoxy) is 1. The van der Waals surface area contributed by atoms with Crippen LogP contribution in [0.15, 0.2) is 16.8 Å². The van der Waals surface area contributed by atoms with E-state index in [2.05, 4.69) is 25.0 Å². The molecule has 0 fully saturated rings. The Labute approximate surface area is 117 Å². The first kappa shape index (κ1) is 15.0. The highest BCUT2D eigenvalue weighted by molar-refractivity contribution is 5.69. The van der Waals surface area contributed by atoms with Crippen molar-refractivity contribution in [1.82, 2.24) is 15.1 Å². The first-order valence-electron chi connectivity index (χ1n) is 5.81. The van der Waals surface area contributed by atoms with Gasteiger partial charge in [0.05, 0.1) is 12.3 Å². The Morgan fingerprint density at radius 1 is 1.43 bits per heavy atom. The number of nitrogens with one attached hydrogen (secondary N) is 1. The number of pyridine rings is 1. The van der Waals surface area contributed by atoms with E-state index in [0.717, 1.165) is 0 Å². The van der Waals surface area contributed by atoms with Gasteiger partial charge < -0.3 is 20.3 Å². The number of methoxy groups -OCH3 is 1. The highest BCUT2D eigenvalue weighted by Gasteiger charge is 2.38. The van der Waals surface area contributed by atoms with E-state index < -0.39 is 12.1 Å². The fraction of sp³-hybridized carbons (Fsp3) is 0.364. The summed E-state index contributed by atoms with van der Waals surface area (Å²) < 4.78 is 46.1. The van der Waals surface area contributed by atoms with Gasteiger partial charge in [-0.3, -0.25) is 0 Å². The average molecular weight is 303 g/mol. The second-order valence-electron chi connectivity index (χ2n) is 4.00. The molecule has 0 aromatic carbocycles. The zero-order valence-corrected chi connectivity index (χ0v) is 10.9. The molecule has 0 aliphatic rings. The minimum Gasteiger partial charge on any atom is -0.396 e. The summed E-state index contributed by atoms with van der Waals surface area (Å²) >= 11 is 0. The number of nitrogens with zero attached hydrogens (tertiary/aromatic N) is 3. The number of nitrogens with two attached hydrogens (primary N) is 1. The Morgan fingerprint density at radius 3 is 2.76 bits per heavy atom. The van der Waals surface area contributed by atoms with Crippen molar-refractivity contribution in [2.24, 2.45) is 0 Å². The van der Waals surface area contributed by atoms with Crippen LogP contribution in [0.25, 0.3) is 11.4 Å². The molecule has 0 aliphatic carbocycles. The van der Waals surface area contributed by atoms with Crippen LogP contribution in [-0.4, -0.2) is 35.4 Å². The summed E-state index contributed by atoms with van der Waals surface area (Å²) in [6.45, 7) is 0.954. The topological polar surface area (TPSA) is 99.1 Å². The van der Waals surface area contributed by atoms with Crippen LogP contribution < -0.4 is 11.1 Å². The van der Waals surface area contributed by atoms with Gasteiger partial charge in [0.25, 0.3) is 0 Å². The van der Waals surface area contributed by atoms with Gasteiger partial charge in [-0.2, -0.15) is 18.2 Å². The lowest BCUT2D eigenvalue weighted by molar-refractivity contribution is -0.159. The summed E-state index contributed by atoms with van der Waals surface area (Å²) in [5, 5.41) is 6.17. The predicted octanol–water partition coefficient (Wildman–Crippen LogP) is 1.79. The maximum absolute atomic E-state index is 12.4. The highest BCUT2D eigenvalue weighted by atomic mass is 19.4. The number of halogens is 3. The molecule has 0 saturated carbocycles. The van der Waals surface area contributed by atoms with E-state index in [4.69, 9.17) is 10.5 Å². The van der Waals surface area contributed by atoms with E-state index in [1.165, 1.54) is 12.3 Å². The zero-order chi connectivity index (χ0) is 15.5. The van der Waals surface area contributed by atoms with Crippen LogP contribution >= 0.6 is 0 Å². The minimum atomic E-state index is -4.69. The molecule has 0 atom stereocenters. The second-order valence-corrected chi connectivity index (χ2v) is 4.00. The van der Waals surface area contributed by atoms with Gasteiger partial charge in [-0.1, -0.05) is 5.16 Å². The first-order chi connectivity index (χ1) is 9.91. The van der Waals surface area contributed by atoms with Crippen LogP contribution in [0.1, 0.15) is 5.89 Å². The van der Waals surface area contributed by atoms with Gasteiger partial charge in [0, 0.05) is 25.4 Å². The van der Waals surface area contributed by atoms with Crippen molar-refractivity contribution >= 4 is 11.5 Å². The van der Waals surface area contributed by atoms with Gasteiger partial charge in [-0.05, 0) is 6.07 Å². The van der Waals surface area contributed by atoms with Gasteiger partial charge in [0.15, 0.2) is 0 Å². The molecule has 0 unspecified atom stereocenters. The smallest absolute Gasteiger partial charge is 0.396 e. The third kappa shape index (κ3) is 3.60. The number of aromatic nitrogens is 3. The van der Waals surface area contributed by atoms with Crippen molar-refractivity contribution in [2.45, 2.75) is 6.18 Å². The van der Waals surface area contributed by atoms with E-state index in [1.54, 1.807) is 7.11 Å². The molecule has 0 saturated heterocycles. The maximum atomic E-state index is 12.4. The average Bonchev–Trinajstić information content (AvgIpc) is 2.90. The molecule has 0 amide bonds. The Bertz CT molecular complexity index is 614. The van der Waals surface area contributed by atoms with E-state index in [1.807, 2.05) is 0 Å². The summed E-state index contributed by atoms with van der Waals surface area (Å²) in [7, 11) is 1.55. The number of rotatable bonds is 5.